The Labute approximate surface area is 130 Å². The van der Waals surface area contributed by atoms with Gasteiger partial charge in [0.15, 0.2) is 11.5 Å². The number of nitrogens with zero attached hydrogens (tertiary/aromatic N) is 2. The van der Waals surface area contributed by atoms with Gasteiger partial charge in [-0.15, -0.1) is 0 Å². The van der Waals surface area contributed by atoms with E-state index in [-0.39, 0.29) is 11.4 Å². The van der Waals surface area contributed by atoms with Crippen LogP contribution >= 0.6 is 0 Å². The number of methoxy groups -OCH3 is 1. The van der Waals surface area contributed by atoms with Crippen LogP contribution < -0.4 is 0 Å². The molecule has 0 bridgehead atoms. The fourth-order valence-corrected chi connectivity index (χ4v) is 2.22. The second kappa shape index (κ2) is 6.00. The Hall–Kier alpha value is -3.02. The van der Waals surface area contributed by atoms with Crippen LogP contribution in [0.5, 0.6) is 0 Å². The van der Waals surface area contributed by atoms with Crippen LogP contribution in [-0.4, -0.2) is 22.9 Å². The van der Waals surface area contributed by atoms with Gasteiger partial charge in [0.25, 0.3) is 0 Å². The van der Waals surface area contributed by atoms with Gasteiger partial charge in [0.1, 0.15) is 11.5 Å². The van der Waals surface area contributed by atoms with Crippen molar-refractivity contribution in [2.45, 2.75) is 0 Å². The lowest BCUT2D eigenvalue weighted by molar-refractivity contribution is 0.0590. The summed E-state index contributed by atoms with van der Waals surface area (Å²) in [5, 5.41) is 4.26. The van der Waals surface area contributed by atoms with Crippen LogP contribution in [0.3, 0.4) is 0 Å². The molecule has 0 aliphatic rings. The van der Waals surface area contributed by atoms with Crippen molar-refractivity contribution in [3.63, 3.8) is 0 Å². The highest BCUT2D eigenvalue weighted by atomic mass is 19.1. The van der Waals surface area contributed by atoms with Gasteiger partial charge in [0.05, 0.1) is 12.8 Å². The molecule has 1 aromatic heterocycles. The minimum Gasteiger partial charge on any atom is -0.464 e. The van der Waals surface area contributed by atoms with Crippen molar-refractivity contribution in [1.82, 2.24) is 9.78 Å². The normalized spacial score (nSPS) is 10.6. The van der Waals surface area contributed by atoms with Gasteiger partial charge in [-0.2, -0.15) is 5.10 Å². The summed E-state index contributed by atoms with van der Waals surface area (Å²) in [7, 11) is 1.23. The molecule has 116 valence electrons. The van der Waals surface area contributed by atoms with Crippen molar-refractivity contribution in [3.8, 4) is 16.9 Å². The lowest BCUT2D eigenvalue weighted by Gasteiger charge is -2.07. The van der Waals surface area contributed by atoms with Crippen LogP contribution in [0.15, 0.2) is 54.6 Å². The highest BCUT2D eigenvalue weighted by Crippen LogP contribution is 2.23. The van der Waals surface area contributed by atoms with Crippen molar-refractivity contribution < 1.29 is 18.3 Å². The number of hydrogen-bond acceptors (Lipinski definition) is 3. The second-order valence-corrected chi connectivity index (χ2v) is 4.78. The minimum absolute atomic E-state index is 0.0334. The van der Waals surface area contributed by atoms with E-state index in [9.17, 15) is 13.6 Å². The predicted octanol–water partition coefficient (Wildman–Crippen LogP) is 3.60. The fraction of sp³-hybridized carbons (Fsp3) is 0.0588. The van der Waals surface area contributed by atoms with Gasteiger partial charge >= 0.3 is 5.97 Å². The number of aromatic nitrogens is 2. The van der Waals surface area contributed by atoms with E-state index in [1.807, 2.05) is 30.3 Å². The molecule has 0 fully saturated rings. The molecule has 0 radical (unpaired) electrons. The first-order valence-electron chi connectivity index (χ1n) is 6.79. The number of carbonyl (C=O) groups is 1. The molecular weight excluding hydrogens is 302 g/mol. The van der Waals surface area contributed by atoms with Crippen molar-refractivity contribution in [2.24, 2.45) is 0 Å². The molecule has 0 amide bonds. The average Bonchev–Trinajstić information content (AvgIpc) is 3.00. The SMILES string of the molecule is COC(=O)c1cc(-c2ccccc2)nn1-c1ccc(F)cc1F. The van der Waals surface area contributed by atoms with Crippen LogP contribution in [0, 0.1) is 11.6 Å². The summed E-state index contributed by atoms with van der Waals surface area (Å²) < 4.78 is 33.0. The number of hydrogen-bond donors (Lipinski definition) is 0. The first-order chi connectivity index (χ1) is 11.1. The molecule has 0 atom stereocenters. The summed E-state index contributed by atoms with van der Waals surface area (Å²) in [4.78, 5) is 12.0. The first kappa shape index (κ1) is 14.9. The number of carbonyl (C=O) groups excluding carboxylic acids is 1. The number of esters is 1. The topological polar surface area (TPSA) is 44.1 Å². The summed E-state index contributed by atoms with van der Waals surface area (Å²) in [5.74, 6) is -2.19. The van der Waals surface area contributed by atoms with Crippen molar-refractivity contribution in [2.75, 3.05) is 7.11 Å². The zero-order valence-corrected chi connectivity index (χ0v) is 12.2. The summed E-state index contributed by atoms with van der Waals surface area (Å²) in [6, 6.07) is 13.7. The molecule has 23 heavy (non-hydrogen) atoms. The monoisotopic (exact) mass is 314 g/mol. The molecule has 0 saturated heterocycles. The van der Waals surface area contributed by atoms with E-state index in [2.05, 4.69) is 5.10 Å². The fourth-order valence-electron chi connectivity index (χ4n) is 2.22. The largest absolute Gasteiger partial charge is 0.464 e. The van der Waals surface area contributed by atoms with Gasteiger partial charge in [-0.25, -0.2) is 18.3 Å². The molecule has 0 spiro atoms. The Balaban J connectivity index is 2.18. The molecule has 0 saturated carbocycles. The standard InChI is InChI=1S/C17H12F2N2O2/c1-23-17(22)16-10-14(11-5-3-2-4-6-11)20-21(16)15-8-7-12(18)9-13(15)19/h2-10H,1H3. The van der Waals surface area contributed by atoms with Crippen molar-refractivity contribution in [3.05, 3.63) is 71.9 Å². The third kappa shape index (κ3) is 2.83. The van der Waals surface area contributed by atoms with E-state index in [0.29, 0.717) is 5.69 Å². The Kier molecular flexibility index (Phi) is 3.89. The minimum atomic E-state index is -0.821. The van der Waals surface area contributed by atoms with Gasteiger partial charge < -0.3 is 4.74 Å². The van der Waals surface area contributed by atoms with Gasteiger partial charge in [-0.05, 0) is 18.2 Å². The second-order valence-electron chi connectivity index (χ2n) is 4.78. The van der Waals surface area contributed by atoms with Crippen LogP contribution in [0.2, 0.25) is 0 Å². The predicted molar refractivity (Wildman–Crippen MR) is 80.3 cm³/mol. The molecule has 4 nitrogen and oxygen atoms in total. The maximum Gasteiger partial charge on any atom is 0.356 e. The van der Waals surface area contributed by atoms with Crippen molar-refractivity contribution in [1.29, 1.82) is 0 Å². The average molecular weight is 314 g/mol. The van der Waals surface area contributed by atoms with E-state index in [4.69, 9.17) is 4.74 Å². The molecule has 0 aliphatic heterocycles. The lowest BCUT2D eigenvalue weighted by Crippen LogP contribution is -2.11. The third-order valence-corrected chi connectivity index (χ3v) is 3.31. The molecule has 1 heterocycles. The first-order valence-corrected chi connectivity index (χ1v) is 6.79. The van der Waals surface area contributed by atoms with Crippen LogP contribution in [0.25, 0.3) is 16.9 Å². The highest BCUT2D eigenvalue weighted by Gasteiger charge is 2.20. The molecule has 6 heteroatoms. The third-order valence-electron chi connectivity index (χ3n) is 3.31. The van der Waals surface area contributed by atoms with E-state index in [1.165, 1.54) is 19.2 Å². The molecule has 3 rings (SSSR count). The van der Waals surface area contributed by atoms with Crippen LogP contribution in [0.4, 0.5) is 8.78 Å². The van der Waals surface area contributed by atoms with E-state index in [1.54, 1.807) is 0 Å². The Bertz CT molecular complexity index is 860. The Morgan fingerprint density at radius 2 is 1.83 bits per heavy atom. The van der Waals surface area contributed by atoms with Crippen LogP contribution in [-0.2, 0) is 4.74 Å². The lowest BCUT2D eigenvalue weighted by atomic mass is 10.1. The molecule has 2 aromatic carbocycles. The molecule has 0 N–H and O–H groups in total. The summed E-state index contributed by atoms with van der Waals surface area (Å²) in [5.41, 5.74) is 1.26. The van der Waals surface area contributed by atoms with E-state index >= 15 is 0 Å². The zero-order valence-electron chi connectivity index (χ0n) is 12.2. The quantitative estimate of drug-likeness (QED) is 0.694. The summed E-state index contributed by atoms with van der Waals surface area (Å²) in [6.45, 7) is 0. The van der Waals surface area contributed by atoms with E-state index in [0.717, 1.165) is 22.4 Å². The van der Waals surface area contributed by atoms with Gasteiger partial charge in [-0.3, -0.25) is 0 Å². The maximum absolute atomic E-state index is 14.0. The number of rotatable bonds is 3. The maximum atomic E-state index is 14.0. The number of ether oxygens (including phenoxy) is 1. The van der Waals surface area contributed by atoms with Gasteiger partial charge in [0.2, 0.25) is 0 Å². The molecule has 3 aromatic rings. The Morgan fingerprint density at radius 3 is 2.48 bits per heavy atom. The number of benzene rings is 2. The summed E-state index contributed by atoms with van der Waals surface area (Å²) >= 11 is 0. The van der Waals surface area contributed by atoms with Gasteiger partial charge in [-0.1, -0.05) is 30.3 Å². The van der Waals surface area contributed by atoms with Crippen LogP contribution in [0.1, 0.15) is 10.5 Å². The van der Waals surface area contributed by atoms with Crippen molar-refractivity contribution >= 4 is 5.97 Å². The molecule has 0 aliphatic carbocycles. The summed E-state index contributed by atoms with van der Waals surface area (Å²) in [6.07, 6.45) is 0. The highest BCUT2D eigenvalue weighted by molar-refractivity contribution is 5.89. The van der Waals surface area contributed by atoms with Gasteiger partial charge in [0, 0.05) is 11.6 Å². The molecule has 0 unspecified atom stereocenters. The van der Waals surface area contributed by atoms with E-state index < -0.39 is 17.6 Å². The molecular formula is C17H12F2N2O2. The smallest absolute Gasteiger partial charge is 0.356 e. The number of halogens is 2. The Morgan fingerprint density at radius 1 is 1.09 bits per heavy atom. The zero-order chi connectivity index (χ0) is 16.4.